The summed E-state index contributed by atoms with van der Waals surface area (Å²) in [6, 6.07) is 0.0457. The minimum absolute atomic E-state index is 0.0415. The monoisotopic (exact) mass is 354 g/mol. The lowest BCUT2D eigenvalue weighted by atomic mass is 10.1. The first-order chi connectivity index (χ1) is 12.6. The molecular weight excluding hydrogens is 332 g/mol. The smallest absolute Gasteiger partial charge is 0.257 e. The van der Waals surface area contributed by atoms with Crippen LogP contribution in [0.2, 0.25) is 0 Å². The second-order valence-corrected chi connectivity index (χ2v) is 7.08. The summed E-state index contributed by atoms with van der Waals surface area (Å²) in [5, 5.41) is 3.36. The minimum Gasteiger partial charge on any atom is -0.375 e. The van der Waals surface area contributed by atoms with Gasteiger partial charge in [-0.15, -0.1) is 0 Å². The fourth-order valence-electron chi connectivity index (χ4n) is 3.23. The SMILES string of the molecule is C[C@@H]1CN(C(=O)c2cnc(NC3(c4cncnc4)CC3)nc2)[C@H](C)CO1. The Morgan fingerprint density at radius 1 is 1.19 bits per heavy atom. The number of rotatable bonds is 4. The van der Waals surface area contributed by atoms with Crippen molar-refractivity contribution in [2.45, 2.75) is 44.4 Å². The Balaban J connectivity index is 1.46. The fourth-order valence-corrected chi connectivity index (χ4v) is 3.23. The van der Waals surface area contributed by atoms with Crippen molar-refractivity contribution in [2.75, 3.05) is 18.5 Å². The largest absolute Gasteiger partial charge is 0.375 e. The third-order valence-electron chi connectivity index (χ3n) is 4.98. The lowest BCUT2D eigenvalue weighted by Crippen LogP contribution is -2.50. The van der Waals surface area contributed by atoms with Crippen LogP contribution in [0.1, 0.15) is 42.6 Å². The molecule has 1 N–H and O–H groups in total. The van der Waals surface area contributed by atoms with Crippen LogP contribution in [-0.2, 0) is 10.3 Å². The van der Waals surface area contributed by atoms with E-state index in [9.17, 15) is 4.79 Å². The number of ether oxygens (including phenoxy) is 1. The van der Waals surface area contributed by atoms with Crippen LogP contribution in [0, 0.1) is 0 Å². The van der Waals surface area contributed by atoms with Gasteiger partial charge in [0.1, 0.15) is 6.33 Å². The summed E-state index contributed by atoms with van der Waals surface area (Å²) in [6.07, 6.45) is 10.3. The molecule has 8 heteroatoms. The van der Waals surface area contributed by atoms with Gasteiger partial charge >= 0.3 is 0 Å². The van der Waals surface area contributed by atoms with Gasteiger partial charge in [0.15, 0.2) is 0 Å². The number of aromatic nitrogens is 4. The zero-order chi connectivity index (χ0) is 18.1. The molecule has 2 aliphatic rings. The molecule has 0 unspecified atom stereocenters. The maximum Gasteiger partial charge on any atom is 0.257 e. The first-order valence-corrected chi connectivity index (χ1v) is 8.86. The number of morpholine rings is 1. The maximum absolute atomic E-state index is 12.7. The van der Waals surface area contributed by atoms with Gasteiger partial charge in [-0.1, -0.05) is 0 Å². The van der Waals surface area contributed by atoms with Crippen LogP contribution in [-0.4, -0.2) is 56.0 Å². The molecule has 1 aliphatic carbocycles. The highest BCUT2D eigenvalue weighted by atomic mass is 16.5. The van der Waals surface area contributed by atoms with Gasteiger partial charge in [0.25, 0.3) is 5.91 Å². The van der Waals surface area contributed by atoms with Crippen molar-refractivity contribution in [2.24, 2.45) is 0 Å². The zero-order valence-electron chi connectivity index (χ0n) is 14.9. The summed E-state index contributed by atoms with van der Waals surface area (Å²) in [4.78, 5) is 31.4. The Hall–Kier alpha value is -2.61. The van der Waals surface area contributed by atoms with E-state index < -0.39 is 0 Å². The van der Waals surface area contributed by atoms with Gasteiger partial charge in [0, 0.05) is 36.9 Å². The van der Waals surface area contributed by atoms with Gasteiger partial charge in [0.2, 0.25) is 5.95 Å². The number of hydrogen-bond acceptors (Lipinski definition) is 7. The summed E-state index contributed by atoms with van der Waals surface area (Å²) < 4.78 is 5.58. The van der Waals surface area contributed by atoms with Gasteiger partial charge in [0.05, 0.1) is 29.9 Å². The quantitative estimate of drug-likeness (QED) is 0.891. The van der Waals surface area contributed by atoms with E-state index in [1.54, 1.807) is 12.4 Å². The second kappa shape index (κ2) is 6.60. The van der Waals surface area contributed by atoms with Crippen molar-refractivity contribution >= 4 is 11.9 Å². The molecule has 8 nitrogen and oxygen atoms in total. The molecule has 136 valence electrons. The molecule has 1 saturated heterocycles. The molecule has 2 atom stereocenters. The molecule has 1 aliphatic heterocycles. The molecule has 1 amide bonds. The first-order valence-electron chi connectivity index (χ1n) is 8.86. The van der Waals surface area contributed by atoms with Crippen LogP contribution < -0.4 is 5.32 Å². The van der Waals surface area contributed by atoms with Gasteiger partial charge in [-0.2, -0.15) is 0 Å². The highest BCUT2D eigenvalue weighted by Gasteiger charge is 2.45. The molecule has 0 aromatic carbocycles. The highest BCUT2D eigenvalue weighted by molar-refractivity contribution is 5.94. The maximum atomic E-state index is 12.7. The van der Waals surface area contributed by atoms with E-state index >= 15 is 0 Å². The first kappa shape index (κ1) is 16.8. The molecule has 2 aromatic rings. The third kappa shape index (κ3) is 3.24. The van der Waals surface area contributed by atoms with Crippen LogP contribution in [0.3, 0.4) is 0 Å². The van der Waals surface area contributed by atoms with E-state index in [1.165, 1.54) is 6.33 Å². The molecule has 3 heterocycles. The third-order valence-corrected chi connectivity index (χ3v) is 4.98. The van der Waals surface area contributed by atoms with Gasteiger partial charge in [-0.3, -0.25) is 4.79 Å². The number of anilines is 1. The molecule has 2 fully saturated rings. The topological polar surface area (TPSA) is 93.1 Å². The van der Waals surface area contributed by atoms with E-state index in [0.717, 1.165) is 18.4 Å². The number of carbonyl (C=O) groups is 1. The van der Waals surface area contributed by atoms with Crippen LogP contribution in [0.5, 0.6) is 0 Å². The van der Waals surface area contributed by atoms with Crippen molar-refractivity contribution in [3.05, 3.63) is 42.2 Å². The van der Waals surface area contributed by atoms with E-state index in [0.29, 0.717) is 24.7 Å². The molecule has 26 heavy (non-hydrogen) atoms. The number of amides is 1. The van der Waals surface area contributed by atoms with Crippen molar-refractivity contribution in [1.29, 1.82) is 0 Å². The standard InChI is InChI=1S/C18H22N6O2/c1-12-10-26-13(2)9-24(12)16(25)14-5-21-17(22-6-14)23-18(3-4-18)15-7-19-11-20-8-15/h5-8,11-13H,3-4,9-10H2,1-2H3,(H,21,22,23)/t12-,13-/m1/s1. The van der Waals surface area contributed by atoms with Crippen molar-refractivity contribution in [3.8, 4) is 0 Å². The van der Waals surface area contributed by atoms with E-state index in [-0.39, 0.29) is 23.6 Å². The number of hydrogen-bond donors (Lipinski definition) is 1. The predicted octanol–water partition coefficient (Wildman–Crippen LogP) is 1.62. The van der Waals surface area contributed by atoms with Crippen molar-refractivity contribution in [1.82, 2.24) is 24.8 Å². The van der Waals surface area contributed by atoms with Crippen LogP contribution in [0.15, 0.2) is 31.1 Å². The van der Waals surface area contributed by atoms with Crippen LogP contribution in [0.4, 0.5) is 5.95 Å². The molecule has 0 spiro atoms. The second-order valence-electron chi connectivity index (χ2n) is 7.08. The summed E-state index contributed by atoms with van der Waals surface area (Å²) in [7, 11) is 0. The Labute approximate surface area is 152 Å². The van der Waals surface area contributed by atoms with E-state index in [4.69, 9.17) is 4.74 Å². The lowest BCUT2D eigenvalue weighted by Gasteiger charge is -2.36. The van der Waals surface area contributed by atoms with Gasteiger partial charge in [-0.25, -0.2) is 19.9 Å². The summed E-state index contributed by atoms with van der Waals surface area (Å²) in [5.41, 5.74) is 1.32. The normalized spacial score (nSPS) is 24.2. The van der Waals surface area contributed by atoms with Crippen molar-refractivity contribution < 1.29 is 9.53 Å². The van der Waals surface area contributed by atoms with Crippen molar-refractivity contribution in [3.63, 3.8) is 0 Å². The summed E-state index contributed by atoms with van der Waals surface area (Å²) in [6.45, 7) is 5.09. The molecule has 0 bridgehead atoms. The fraction of sp³-hybridized carbons (Fsp3) is 0.500. The average Bonchev–Trinajstić information content (AvgIpc) is 3.45. The number of nitrogens with zero attached hydrogens (tertiary/aromatic N) is 5. The molecule has 0 radical (unpaired) electrons. The Morgan fingerprint density at radius 2 is 1.88 bits per heavy atom. The summed E-state index contributed by atoms with van der Waals surface area (Å²) >= 11 is 0. The Morgan fingerprint density at radius 3 is 2.54 bits per heavy atom. The molecule has 4 rings (SSSR count). The number of nitrogens with one attached hydrogen (secondary N) is 1. The highest BCUT2D eigenvalue weighted by Crippen LogP contribution is 2.47. The number of carbonyl (C=O) groups excluding carboxylic acids is 1. The Bertz CT molecular complexity index is 778. The molecular formula is C18H22N6O2. The van der Waals surface area contributed by atoms with Crippen LogP contribution in [0.25, 0.3) is 0 Å². The van der Waals surface area contributed by atoms with E-state index in [2.05, 4.69) is 25.3 Å². The van der Waals surface area contributed by atoms with Crippen LogP contribution >= 0.6 is 0 Å². The predicted molar refractivity (Wildman–Crippen MR) is 94.5 cm³/mol. The van der Waals surface area contributed by atoms with E-state index in [1.807, 2.05) is 31.1 Å². The minimum atomic E-state index is -0.194. The molecule has 1 saturated carbocycles. The average molecular weight is 354 g/mol. The van der Waals surface area contributed by atoms with Gasteiger partial charge < -0.3 is 15.0 Å². The zero-order valence-corrected chi connectivity index (χ0v) is 14.9. The van der Waals surface area contributed by atoms with Gasteiger partial charge in [-0.05, 0) is 26.7 Å². The molecule has 2 aromatic heterocycles. The lowest BCUT2D eigenvalue weighted by molar-refractivity contribution is -0.0387. The Kier molecular flexibility index (Phi) is 4.28. The summed E-state index contributed by atoms with van der Waals surface area (Å²) in [5.74, 6) is 0.447.